The van der Waals surface area contributed by atoms with E-state index in [0.29, 0.717) is 0 Å². The van der Waals surface area contributed by atoms with Gasteiger partial charge in [0.25, 0.3) is 0 Å². The Morgan fingerprint density at radius 3 is 1.60 bits per heavy atom. The van der Waals surface area contributed by atoms with Crippen LogP contribution in [-0.4, -0.2) is 211 Å². The Morgan fingerprint density at radius 2 is 1.02 bits per heavy atom. The highest BCUT2D eigenvalue weighted by molar-refractivity contribution is 5.73. The Labute approximate surface area is 285 Å². The maximum Gasteiger partial charge on any atom is 0.217 e. The minimum Gasteiger partial charge on any atom is -0.394 e. The first kappa shape index (κ1) is 41.0. The summed E-state index contributed by atoms with van der Waals surface area (Å²) in [5, 5.41) is 120. The molecular formula is C28H48N2O20. The fourth-order valence-corrected chi connectivity index (χ4v) is 6.28. The highest BCUT2D eigenvalue weighted by atomic mass is 16.8. The molecule has 0 aromatic rings. The minimum absolute atomic E-state index is 0.675. The Balaban J connectivity index is 1.68. The molecule has 0 bridgehead atoms. The third kappa shape index (κ3) is 8.70. The van der Waals surface area contributed by atoms with E-state index in [2.05, 4.69) is 10.6 Å². The lowest BCUT2D eigenvalue weighted by Gasteiger charge is -2.50. The van der Waals surface area contributed by atoms with E-state index in [-0.39, 0.29) is 0 Å². The molecule has 20 atom stereocenters. The number of rotatable bonds is 11. The van der Waals surface area contributed by atoms with Crippen molar-refractivity contribution in [3.05, 3.63) is 0 Å². The molecule has 4 heterocycles. The summed E-state index contributed by atoms with van der Waals surface area (Å²) in [7, 11) is 0. The second-order valence-electron chi connectivity index (χ2n) is 12.6. The zero-order valence-electron chi connectivity index (χ0n) is 27.3. The van der Waals surface area contributed by atoms with Crippen molar-refractivity contribution in [3.63, 3.8) is 0 Å². The van der Waals surface area contributed by atoms with Crippen LogP contribution in [0.15, 0.2) is 0 Å². The molecule has 0 saturated carbocycles. The van der Waals surface area contributed by atoms with E-state index in [1.165, 1.54) is 6.92 Å². The van der Waals surface area contributed by atoms with E-state index in [9.17, 15) is 65.8 Å². The first-order valence-electron chi connectivity index (χ1n) is 15.9. The second kappa shape index (κ2) is 17.4. The van der Waals surface area contributed by atoms with Crippen molar-refractivity contribution in [2.24, 2.45) is 0 Å². The van der Waals surface area contributed by atoms with Crippen molar-refractivity contribution in [2.45, 2.75) is 143 Å². The molecule has 0 aromatic carbocycles. The summed E-state index contributed by atoms with van der Waals surface area (Å²) >= 11 is 0. The maximum atomic E-state index is 12.0. The van der Waals surface area contributed by atoms with Gasteiger partial charge in [0.1, 0.15) is 91.4 Å². The molecule has 4 aliphatic heterocycles. The molecule has 0 aliphatic carbocycles. The summed E-state index contributed by atoms with van der Waals surface area (Å²) in [6.45, 7) is 0.953. The summed E-state index contributed by atoms with van der Waals surface area (Å²) < 4.78 is 40.0. The lowest BCUT2D eigenvalue weighted by Crippen LogP contribution is -2.70. The van der Waals surface area contributed by atoms with Crippen LogP contribution in [-0.2, 0) is 42.7 Å². The average molecular weight is 733 g/mol. The molecule has 4 saturated heterocycles. The number of carbonyl (C=O) groups excluding carboxylic acids is 2. The fourth-order valence-electron chi connectivity index (χ4n) is 6.28. The van der Waals surface area contributed by atoms with Crippen LogP contribution in [0.5, 0.6) is 0 Å². The summed E-state index contributed by atoms with van der Waals surface area (Å²) in [4.78, 5) is 23.7. The van der Waals surface area contributed by atoms with E-state index in [1.54, 1.807) is 0 Å². The third-order valence-corrected chi connectivity index (χ3v) is 8.97. The van der Waals surface area contributed by atoms with Crippen LogP contribution in [0.1, 0.15) is 20.8 Å². The van der Waals surface area contributed by atoms with Gasteiger partial charge in [-0.1, -0.05) is 0 Å². The standard InChI is InChI=1S/C28H48N2O20/c1-7-15(36)19(40)20(41)27(44-7)50-24-21(42)23(48-26-14(30-9(3)35)17(38)16(37)10(4-31)46-26)12(6-33)47-28(24)49-22-11(5-32)45-25(43)13(18(22)39)29-8(2)34/h7,10-28,31-33,36-43H,4-6H2,1-3H3,(H,29,34)(H,30,35)/t7-,10+,11+,12+,13+,14+,15+,16-,17+,18+,19+,20-,21-,22+,23-,24+,25+,26+,27-,28-/m0/s1. The normalized spacial score (nSPS) is 48.5. The van der Waals surface area contributed by atoms with Crippen LogP contribution >= 0.6 is 0 Å². The molecular weight excluding hydrogens is 684 g/mol. The Kier molecular flexibility index (Phi) is 14.2. The third-order valence-electron chi connectivity index (χ3n) is 8.97. The zero-order valence-corrected chi connectivity index (χ0v) is 27.3. The summed E-state index contributed by atoms with van der Waals surface area (Å²) in [6, 6.07) is -2.99. The number of ether oxygens (including phenoxy) is 7. The average Bonchev–Trinajstić information content (AvgIpc) is 3.07. The SMILES string of the molecule is CC(=O)N[C@@H]1[C@@H](O)[C@H](O[C@@H]2O[C@H](CO)[C@H](O[C@H]3O[C@H](CO)[C@H](O)[C@H](O)[C@H]3NC(C)=O)[C@H](O)[C@H]2O[C@@H]2O[C@@H](C)[C@@H](O)[C@@H](O)[C@@H]2O)[C@@H](CO)O[C@H]1O. The van der Waals surface area contributed by atoms with Crippen molar-refractivity contribution >= 4 is 11.8 Å². The van der Waals surface area contributed by atoms with Crippen LogP contribution < -0.4 is 10.6 Å². The van der Waals surface area contributed by atoms with Gasteiger partial charge < -0.3 is 100.0 Å². The van der Waals surface area contributed by atoms with Gasteiger partial charge in [-0.2, -0.15) is 0 Å². The highest BCUT2D eigenvalue weighted by Gasteiger charge is 2.56. The van der Waals surface area contributed by atoms with Crippen molar-refractivity contribution in [1.82, 2.24) is 10.6 Å². The van der Waals surface area contributed by atoms with Gasteiger partial charge in [0.2, 0.25) is 11.8 Å². The molecule has 290 valence electrons. The molecule has 4 fully saturated rings. The molecule has 50 heavy (non-hydrogen) atoms. The molecule has 4 rings (SSSR count). The van der Waals surface area contributed by atoms with Crippen LogP contribution in [0.25, 0.3) is 0 Å². The minimum atomic E-state index is -2.01. The van der Waals surface area contributed by atoms with Gasteiger partial charge >= 0.3 is 0 Å². The second-order valence-corrected chi connectivity index (χ2v) is 12.6. The first-order chi connectivity index (χ1) is 23.5. The Bertz CT molecular complexity index is 1130. The lowest BCUT2D eigenvalue weighted by molar-refractivity contribution is -0.394. The maximum absolute atomic E-state index is 12.0. The molecule has 22 nitrogen and oxygen atoms in total. The fraction of sp³-hybridized carbons (Fsp3) is 0.929. The quantitative estimate of drug-likeness (QED) is 0.0938. The number of nitrogens with one attached hydrogen (secondary N) is 2. The first-order valence-corrected chi connectivity index (χ1v) is 15.9. The predicted octanol–water partition coefficient (Wildman–Crippen LogP) is -8.43. The van der Waals surface area contributed by atoms with Gasteiger partial charge in [0.05, 0.1) is 25.9 Å². The van der Waals surface area contributed by atoms with E-state index >= 15 is 0 Å². The zero-order chi connectivity index (χ0) is 37.2. The molecule has 0 radical (unpaired) electrons. The van der Waals surface area contributed by atoms with Crippen LogP contribution in [0.4, 0.5) is 0 Å². The molecule has 0 spiro atoms. The number of hydrogen-bond donors (Lipinski definition) is 13. The van der Waals surface area contributed by atoms with Gasteiger partial charge in [-0.05, 0) is 6.92 Å². The molecule has 22 heteroatoms. The van der Waals surface area contributed by atoms with Gasteiger partial charge in [0.15, 0.2) is 25.2 Å². The van der Waals surface area contributed by atoms with Gasteiger partial charge in [-0.15, -0.1) is 0 Å². The number of amides is 2. The van der Waals surface area contributed by atoms with E-state index in [4.69, 9.17) is 33.2 Å². The van der Waals surface area contributed by atoms with E-state index < -0.39 is 154 Å². The van der Waals surface area contributed by atoms with Crippen LogP contribution in [0.3, 0.4) is 0 Å². The smallest absolute Gasteiger partial charge is 0.217 e. The van der Waals surface area contributed by atoms with Gasteiger partial charge in [-0.3, -0.25) is 9.59 Å². The highest BCUT2D eigenvalue weighted by Crippen LogP contribution is 2.35. The van der Waals surface area contributed by atoms with Crippen molar-refractivity contribution < 1.29 is 98.9 Å². The number of hydrogen-bond acceptors (Lipinski definition) is 20. The van der Waals surface area contributed by atoms with E-state index in [1.807, 2.05) is 0 Å². The number of aliphatic hydroxyl groups is 11. The van der Waals surface area contributed by atoms with Gasteiger partial charge in [-0.25, -0.2) is 0 Å². The topological polar surface area (TPSA) is 345 Å². The Hall–Kier alpha value is -1.78. The molecule has 0 aromatic heterocycles. The van der Waals surface area contributed by atoms with Crippen LogP contribution in [0.2, 0.25) is 0 Å². The van der Waals surface area contributed by atoms with Crippen molar-refractivity contribution in [1.29, 1.82) is 0 Å². The van der Waals surface area contributed by atoms with Crippen LogP contribution in [0, 0.1) is 0 Å². The number of carbonyl (C=O) groups is 2. The summed E-state index contributed by atoms with van der Waals surface area (Å²) in [5.74, 6) is -1.37. The van der Waals surface area contributed by atoms with Crippen molar-refractivity contribution in [3.8, 4) is 0 Å². The molecule has 0 unspecified atom stereocenters. The molecule has 2 amide bonds. The molecule has 13 N–H and O–H groups in total. The summed E-state index contributed by atoms with van der Waals surface area (Å²) in [6.07, 6.45) is -30.6. The number of aliphatic hydroxyl groups excluding tert-OH is 11. The van der Waals surface area contributed by atoms with Crippen molar-refractivity contribution in [2.75, 3.05) is 19.8 Å². The van der Waals surface area contributed by atoms with E-state index in [0.717, 1.165) is 13.8 Å². The Morgan fingerprint density at radius 1 is 0.520 bits per heavy atom. The predicted molar refractivity (Wildman–Crippen MR) is 156 cm³/mol. The summed E-state index contributed by atoms with van der Waals surface area (Å²) in [5.41, 5.74) is 0. The largest absolute Gasteiger partial charge is 0.394 e. The lowest BCUT2D eigenvalue weighted by atomic mass is 9.94. The molecule has 4 aliphatic rings. The monoisotopic (exact) mass is 732 g/mol. The van der Waals surface area contributed by atoms with Gasteiger partial charge in [0, 0.05) is 13.8 Å².